The Morgan fingerprint density at radius 1 is 1.56 bits per heavy atom. The van der Waals surface area contributed by atoms with Gasteiger partial charge >= 0.3 is 0 Å². The molecule has 0 fully saturated rings. The summed E-state index contributed by atoms with van der Waals surface area (Å²) < 4.78 is 1.95. The summed E-state index contributed by atoms with van der Waals surface area (Å²) in [7, 11) is 0. The molecule has 1 N–H and O–H groups in total. The minimum absolute atomic E-state index is 0.120. The second-order valence-electron chi connectivity index (χ2n) is 5.30. The Hall–Kier alpha value is -1.34. The van der Waals surface area contributed by atoms with Crippen molar-refractivity contribution in [3.63, 3.8) is 0 Å². The van der Waals surface area contributed by atoms with Gasteiger partial charge in [0.1, 0.15) is 0 Å². The standard InChI is InChI=1S/C14H21N3O/c1-10(2)14-13-11(6-7-15)4-3-5-12(13)17(16-14)8-9-18/h10-11,18H,3-6,8-9H2,1-2H3. The first-order valence-corrected chi connectivity index (χ1v) is 6.76. The van der Waals surface area contributed by atoms with Gasteiger partial charge in [0.2, 0.25) is 0 Å². The van der Waals surface area contributed by atoms with Crippen molar-refractivity contribution in [1.82, 2.24) is 9.78 Å². The molecule has 0 bridgehead atoms. The van der Waals surface area contributed by atoms with Crippen LogP contribution in [0, 0.1) is 11.3 Å². The molecule has 1 aliphatic rings. The zero-order valence-corrected chi connectivity index (χ0v) is 11.2. The summed E-state index contributed by atoms with van der Waals surface area (Å²) >= 11 is 0. The van der Waals surface area contributed by atoms with Crippen LogP contribution in [-0.4, -0.2) is 21.5 Å². The summed E-state index contributed by atoms with van der Waals surface area (Å²) in [5, 5.41) is 22.8. The van der Waals surface area contributed by atoms with Gasteiger partial charge in [-0.05, 0) is 25.2 Å². The fourth-order valence-corrected chi connectivity index (χ4v) is 2.92. The molecule has 1 aromatic rings. The zero-order chi connectivity index (χ0) is 13.1. The van der Waals surface area contributed by atoms with Crippen molar-refractivity contribution >= 4 is 0 Å². The Labute approximate surface area is 108 Å². The molecule has 0 radical (unpaired) electrons. The number of aromatic nitrogens is 2. The van der Waals surface area contributed by atoms with Gasteiger partial charge in [0.15, 0.2) is 0 Å². The average Bonchev–Trinajstić information content (AvgIpc) is 2.71. The quantitative estimate of drug-likeness (QED) is 0.888. The highest BCUT2D eigenvalue weighted by molar-refractivity contribution is 5.35. The van der Waals surface area contributed by atoms with E-state index in [1.54, 1.807) is 0 Å². The van der Waals surface area contributed by atoms with Crippen LogP contribution in [0.25, 0.3) is 0 Å². The number of aliphatic hydroxyl groups is 1. The van der Waals surface area contributed by atoms with E-state index in [1.165, 1.54) is 11.3 Å². The van der Waals surface area contributed by atoms with Crippen molar-refractivity contribution in [2.24, 2.45) is 0 Å². The van der Waals surface area contributed by atoms with Crippen molar-refractivity contribution in [3.05, 3.63) is 17.0 Å². The van der Waals surface area contributed by atoms with Gasteiger partial charge in [-0.25, -0.2) is 0 Å². The molecule has 18 heavy (non-hydrogen) atoms. The van der Waals surface area contributed by atoms with Crippen molar-refractivity contribution in [2.45, 2.75) is 57.9 Å². The first kappa shape index (κ1) is 13.1. The molecular weight excluding hydrogens is 226 g/mol. The van der Waals surface area contributed by atoms with Gasteiger partial charge in [-0.2, -0.15) is 10.4 Å². The molecule has 2 rings (SSSR count). The third-order valence-corrected chi connectivity index (χ3v) is 3.70. The van der Waals surface area contributed by atoms with E-state index in [2.05, 4.69) is 25.0 Å². The molecule has 1 aromatic heterocycles. The molecule has 1 atom stereocenters. The smallest absolute Gasteiger partial charge is 0.0688 e. The number of rotatable bonds is 4. The van der Waals surface area contributed by atoms with Crippen molar-refractivity contribution < 1.29 is 5.11 Å². The number of hydrogen-bond donors (Lipinski definition) is 1. The van der Waals surface area contributed by atoms with Crippen LogP contribution in [-0.2, 0) is 13.0 Å². The number of fused-ring (bicyclic) bond motifs is 1. The van der Waals surface area contributed by atoms with E-state index in [0.29, 0.717) is 24.8 Å². The molecule has 1 aliphatic carbocycles. The van der Waals surface area contributed by atoms with Crippen LogP contribution in [0.2, 0.25) is 0 Å². The fraction of sp³-hybridized carbons (Fsp3) is 0.714. The number of nitriles is 1. The molecule has 0 saturated carbocycles. The molecule has 0 aliphatic heterocycles. The van der Waals surface area contributed by atoms with Crippen LogP contribution in [0.5, 0.6) is 0 Å². The predicted molar refractivity (Wildman–Crippen MR) is 69.3 cm³/mol. The molecule has 0 spiro atoms. The normalized spacial score (nSPS) is 18.7. The van der Waals surface area contributed by atoms with Gasteiger partial charge in [0, 0.05) is 23.6 Å². The van der Waals surface area contributed by atoms with Crippen molar-refractivity contribution in [3.8, 4) is 6.07 Å². The van der Waals surface area contributed by atoms with Crippen LogP contribution in [0.4, 0.5) is 0 Å². The Morgan fingerprint density at radius 2 is 2.33 bits per heavy atom. The Balaban J connectivity index is 2.46. The first-order chi connectivity index (χ1) is 8.69. The summed E-state index contributed by atoms with van der Waals surface area (Å²) in [6.45, 7) is 4.97. The molecule has 0 aromatic carbocycles. The van der Waals surface area contributed by atoms with E-state index >= 15 is 0 Å². The van der Waals surface area contributed by atoms with E-state index < -0.39 is 0 Å². The molecule has 1 heterocycles. The maximum absolute atomic E-state index is 9.13. The van der Waals surface area contributed by atoms with E-state index in [1.807, 2.05) is 4.68 Å². The van der Waals surface area contributed by atoms with E-state index in [9.17, 15) is 0 Å². The molecule has 98 valence electrons. The molecule has 4 heteroatoms. The summed E-state index contributed by atoms with van der Waals surface area (Å²) in [4.78, 5) is 0. The van der Waals surface area contributed by atoms with Crippen molar-refractivity contribution in [1.29, 1.82) is 5.26 Å². The molecule has 1 unspecified atom stereocenters. The molecule has 0 saturated heterocycles. The topological polar surface area (TPSA) is 61.8 Å². The molecular formula is C14H21N3O. The first-order valence-electron chi connectivity index (χ1n) is 6.76. The van der Waals surface area contributed by atoms with Gasteiger partial charge in [0.05, 0.1) is 24.9 Å². The van der Waals surface area contributed by atoms with Gasteiger partial charge < -0.3 is 5.11 Å². The summed E-state index contributed by atoms with van der Waals surface area (Å²) in [6, 6.07) is 2.30. The van der Waals surface area contributed by atoms with Crippen LogP contribution >= 0.6 is 0 Å². The largest absolute Gasteiger partial charge is 0.394 e. The Bertz CT molecular complexity index is 456. The minimum atomic E-state index is 0.120. The highest BCUT2D eigenvalue weighted by atomic mass is 16.3. The summed E-state index contributed by atoms with van der Waals surface area (Å²) in [5.74, 6) is 0.710. The average molecular weight is 247 g/mol. The van der Waals surface area contributed by atoms with Gasteiger partial charge in [-0.15, -0.1) is 0 Å². The van der Waals surface area contributed by atoms with Crippen molar-refractivity contribution in [2.75, 3.05) is 6.61 Å². The second kappa shape index (κ2) is 5.53. The van der Waals surface area contributed by atoms with Crippen LogP contribution in [0.15, 0.2) is 0 Å². The lowest BCUT2D eigenvalue weighted by atomic mass is 9.82. The summed E-state index contributed by atoms with van der Waals surface area (Å²) in [6.07, 6.45) is 3.81. The number of hydrogen-bond acceptors (Lipinski definition) is 3. The fourth-order valence-electron chi connectivity index (χ4n) is 2.92. The maximum Gasteiger partial charge on any atom is 0.0688 e. The lowest BCUT2D eigenvalue weighted by molar-refractivity contribution is 0.266. The highest BCUT2D eigenvalue weighted by Crippen LogP contribution is 2.38. The zero-order valence-electron chi connectivity index (χ0n) is 11.2. The number of aliphatic hydroxyl groups excluding tert-OH is 1. The molecule has 4 nitrogen and oxygen atoms in total. The van der Waals surface area contributed by atoms with E-state index in [0.717, 1.165) is 25.0 Å². The predicted octanol–water partition coefficient (Wildman–Crippen LogP) is 2.33. The second-order valence-corrected chi connectivity index (χ2v) is 5.30. The SMILES string of the molecule is CC(C)c1nn(CCO)c2c1C(CC#N)CCC2. The minimum Gasteiger partial charge on any atom is -0.394 e. The lowest BCUT2D eigenvalue weighted by Gasteiger charge is -2.22. The number of nitrogens with zero attached hydrogens (tertiary/aromatic N) is 3. The van der Waals surface area contributed by atoms with Crippen LogP contribution < -0.4 is 0 Å². The highest BCUT2D eigenvalue weighted by Gasteiger charge is 2.29. The molecule has 0 amide bonds. The van der Waals surface area contributed by atoms with Crippen LogP contribution in [0.1, 0.15) is 61.9 Å². The van der Waals surface area contributed by atoms with Gasteiger partial charge in [0.25, 0.3) is 0 Å². The Morgan fingerprint density at radius 3 is 2.94 bits per heavy atom. The Kier molecular flexibility index (Phi) is 4.03. The third-order valence-electron chi connectivity index (χ3n) is 3.70. The third kappa shape index (κ3) is 2.28. The van der Waals surface area contributed by atoms with E-state index in [-0.39, 0.29) is 6.61 Å². The lowest BCUT2D eigenvalue weighted by Crippen LogP contribution is -2.14. The summed E-state index contributed by atoms with van der Waals surface area (Å²) in [5.41, 5.74) is 3.67. The van der Waals surface area contributed by atoms with Gasteiger partial charge in [-0.1, -0.05) is 13.8 Å². The monoisotopic (exact) mass is 247 g/mol. The van der Waals surface area contributed by atoms with Crippen LogP contribution in [0.3, 0.4) is 0 Å². The van der Waals surface area contributed by atoms with Gasteiger partial charge in [-0.3, -0.25) is 4.68 Å². The van der Waals surface area contributed by atoms with E-state index in [4.69, 9.17) is 10.4 Å². The maximum atomic E-state index is 9.13.